The lowest BCUT2D eigenvalue weighted by molar-refractivity contribution is -0.123. The largest absolute Gasteiger partial charge is 0.338 e. The third-order valence-electron chi connectivity index (χ3n) is 3.56. The van der Waals surface area contributed by atoms with E-state index in [1.54, 1.807) is 6.92 Å². The molecule has 1 aromatic carbocycles. The van der Waals surface area contributed by atoms with E-state index < -0.39 is 5.54 Å². The number of tetrazole rings is 1. The van der Waals surface area contributed by atoms with Crippen molar-refractivity contribution in [2.75, 3.05) is 0 Å². The lowest BCUT2D eigenvalue weighted by Gasteiger charge is -2.22. The maximum absolute atomic E-state index is 12.0. The normalized spacial score (nSPS) is 13.2. The summed E-state index contributed by atoms with van der Waals surface area (Å²) >= 11 is 0. The van der Waals surface area contributed by atoms with Crippen LogP contribution in [0.25, 0.3) is 11.4 Å². The molecule has 2 aromatic rings. The lowest BCUT2D eigenvalue weighted by atomic mass is 10.0. The first-order chi connectivity index (χ1) is 10.5. The lowest BCUT2D eigenvalue weighted by Crippen LogP contribution is -2.45. The fourth-order valence-corrected chi connectivity index (χ4v) is 1.94. The average molecular weight is 297 g/mol. The van der Waals surface area contributed by atoms with Crippen LogP contribution in [0.15, 0.2) is 24.3 Å². The molecule has 22 heavy (non-hydrogen) atoms. The zero-order valence-corrected chi connectivity index (χ0v) is 13.0. The number of carbonyl (C=O) groups excluding carboxylic acids is 1. The summed E-state index contributed by atoms with van der Waals surface area (Å²) in [5.74, 6) is 2.85. The molecule has 0 aliphatic heterocycles. The Bertz CT molecular complexity index is 715. The van der Waals surface area contributed by atoms with E-state index in [4.69, 9.17) is 6.42 Å². The fraction of sp³-hybridized carbons (Fsp3) is 0.375. The summed E-state index contributed by atoms with van der Waals surface area (Å²) < 4.78 is 0. The second kappa shape index (κ2) is 6.39. The summed E-state index contributed by atoms with van der Waals surface area (Å²) in [6.07, 6.45) is 6.09. The van der Waals surface area contributed by atoms with Crippen molar-refractivity contribution in [3.05, 3.63) is 29.8 Å². The predicted molar refractivity (Wildman–Crippen MR) is 83.7 cm³/mol. The van der Waals surface area contributed by atoms with E-state index in [9.17, 15) is 4.79 Å². The Hall–Kier alpha value is -2.68. The van der Waals surface area contributed by atoms with Gasteiger partial charge < -0.3 is 5.32 Å². The van der Waals surface area contributed by atoms with Crippen molar-refractivity contribution in [2.45, 2.75) is 39.3 Å². The molecule has 0 radical (unpaired) electrons. The molecule has 0 spiro atoms. The molecule has 6 heteroatoms. The van der Waals surface area contributed by atoms with Crippen molar-refractivity contribution in [1.82, 2.24) is 25.5 Å². The number of rotatable bonds is 5. The van der Waals surface area contributed by atoms with Gasteiger partial charge in [0.25, 0.3) is 0 Å². The van der Waals surface area contributed by atoms with Gasteiger partial charge in [0.2, 0.25) is 11.7 Å². The van der Waals surface area contributed by atoms with E-state index in [1.807, 2.05) is 38.1 Å². The van der Waals surface area contributed by atoms with Crippen LogP contribution < -0.4 is 5.32 Å². The number of carbonyl (C=O) groups is 1. The summed E-state index contributed by atoms with van der Waals surface area (Å²) in [4.78, 5) is 13.3. The molecular formula is C16H19N5O. The first-order valence-corrected chi connectivity index (χ1v) is 7.10. The maximum atomic E-state index is 12.0. The first-order valence-electron chi connectivity index (χ1n) is 7.10. The van der Waals surface area contributed by atoms with Crippen LogP contribution in [-0.2, 0) is 11.3 Å². The molecule has 0 bridgehead atoms. The Balaban J connectivity index is 2.09. The molecule has 0 saturated carbocycles. The molecule has 1 heterocycles. The van der Waals surface area contributed by atoms with Crippen LogP contribution in [0.5, 0.6) is 0 Å². The van der Waals surface area contributed by atoms with Crippen LogP contribution in [0, 0.1) is 19.3 Å². The van der Waals surface area contributed by atoms with Crippen LogP contribution in [-0.4, -0.2) is 31.7 Å². The van der Waals surface area contributed by atoms with Gasteiger partial charge >= 0.3 is 0 Å². The van der Waals surface area contributed by atoms with Crippen LogP contribution >= 0.6 is 0 Å². The molecule has 0 aliphatic rings. The Labute approximate surface area is 129 Å². The van der Waals surface area contributed by atoms with E-state index in [2.05, 4.69) is 26.6 Å². The number of benzene rings is 1. The van der Waals surface area contributed by atoms with E-state index >= 15 is 0 Å². The van der Waals surface area contributed by atoms with Gasteiger partial charge in [0.05, 0.1) is 5.54 Å². The molecule has 0 unspecified atom stereocenters. The predicted octanol–water partition coefficient (Wildman–Crippen LogP) is 1.57. The van der Waals surface area contributed by atoms with Gasteiger partial charge in [-0.2, -0.15) is 4.80 Å². The number of amides is 1. The number of aromatic nitrogens is 4. The van der Waals surface area contributed by atoms with E-state index in [-0.39, 0.29) is 12.5 Å². The SMILES string of the molecule is C#C[C@@](C)(CC)NC(=O)Cn1nnc(-c2ccccc2C)n1. The number of nitrogens with one attached hydrogen (secondary N) is 1. The van der Waals surface area contributed by atoms with Gasteiger partial charge in [-0.05, 0) is 31.0 Å². The van der Waals surface area contributed by atoms with Gasteiger partial charge in [0.1, 0.15) is 6.54 Å². The highest BCUT2D eigenvalue weighted by Gasteiger charge is 2.21. The zero-order valence-electron chi connectivity index (χ0n) is 13.0. The second-order valence-corrected chi connectivity index (χ2v) is 5.34. The standard InChI is InChI=1S/C16H19N5O/c1-5-16(4,6-2)17-14(22)11-21-19-15(18-20-21)13-10-8-7-9-12(13)3/h1,7-10H,6,11H2,2-4H3,(H,17,22)/t16-/m0/s1. The van der Waals surface area contributed by atoms with Crippen molar-refractivity contribution >= 4 is 5.91 Å². The topological polar surface area (TPSA) is 72.7 Å². The van der Waals surface area contributed by atoms with Gasteiger partial charge in [-0.15, -0.1) is 16.6 Å². The van der Waals surface area contributed by atoms with Crippen molar-refractivity contribution < 1.29 is 4.79 Å². The van der Waals surface area contributed by atoms with Crippen LogP contribution in [0.3, 0.4) is 0 Å². The van der Waals surface area contributed by atoms with Gasteiger partial charge in [-0.3, -0.25) is 4.79 Å². The molecule has 6 nitrogen and oxygen atoms in total. The van der Waals surface area contributed by atoms with Gasteiger partial charge in [-0.1, -0.05) is 37.1 Å². The molecule has 1 aromatic heterocycles. The third-order valence-corrected chi connectivity index (χ3v) is 3.56. The maximum Gasteiger partial charge on any atom is 0.244 e. The highest BCUT2D eigenvalue weighted by atomic mass is 16.2. The summed E-state index contributed by atoms with van der Waals surface area (Å²) in [7, 11) is 0. The van der Waals surface area contributed by atoms with Crippen LogP contribution in [0.4, 0.5) is 0 Å². The van der Waals surface area contributed by atoms with Crippen LogP contribution in [0.1, 0.15) is 25.8 Å². The minimum atomic E-state index is -0.656. The molecule has 0 fully saturated rings. The summed E-state index contributed by atoms with van der Waals surface area (Å²) in [6.45, 7) is 5.68. The van der Waals surface area contributed by atoms with Crippen molar-refractivity contribution in [3.63, 3.8) is 0 Å². The Morgan fingerprint density at radius 1 is 1.45 bits per heavy atom. The highest BCUT2D eigenvalue weighted by molar-refractivity contribution is 5.77. The Morgan fingerprint density at radius 3 is 2.82 bits per heavy atom. The molecule has 2 rings (SSSR count). The Morgan fingerprint density at radius 2 is 2.18 bits per heavy atom. The average Bonchev–Trinajstić information content (AvgIpc) is 2.95. The third kappa shape index (κ3) is 3.50. The smallest absolute Gasteiger partial charge is 0.244 e. The quantitative estimate of drug-likeness (QED) is 0.850. The van der Waals surface area contributed by atoms with Crippen LogP contribution in [0.2, 0.25) is 0 Å². The summed E-state index contributed by atoms with van der Waals surface area (Å²) in [5.41, 5.74) is 1.30. The zero-order chi connectivity index (χ0) is 16.2. The van der Waals surface area contributed by atoms with Crippen molar-refractivity contribution in [2.24, 2.45) is 0 Å². The highest BCUT2D eigenvalue weighted by Crippen LogP contribution is 2.17. The molecule has 0 saturated heterocycles. The van der Waals surface area contributed by atoms with E-state index in [1.165, 1.54) is 4.80 Å². The fourth-order valence-electron chi connectivity index (χ4n) is 1.94. The van der Waals surface area contributed by atoms with E-state index in [0.29, 0.717) is 12.2 Å². The van der Waals surface area contributed by atoms with E-state index in [0.717, 1.165) is 11.1 Å². The molecule has 1 amide bonds. The molecule has 0 aliphatic carbocycles. The first kappa shape index (κ1) is 15.7. The van der Waals surface area contributed by atoms with Gasteiger partial charge in [0.15, 0.2) is 0 Å². The number of hydrogen-bond acceptors (Lipinski definition) is 4. The monoisotopic (exact) mass is 297 g/mol. The number of terminal acetylenes is 1. The molecule has 1 N–H and O–H groups in total. The van der Waals surface area contributed by atoms with Gasteiger partial charge in [0, 0.05) is 5.56 Å². The minimum absolute atomic E-state index is 0.0177. The molecule has 114 valence electrons. The Kier molecular flexibility index (Phi) is 4.56. The van der Waals surface area contributed by atoms with Crippen molar-refractivity contribution in [1.29, 1.82) is 0 Å². The summed E-state index contributed by atoms with van der Waals surface area (Å²) in [5, 5.41) is 15.0. The second-order valence-electron chi connectivity index (χ2n) is 5.34. The minimum Gasteiger partial charge on any atom is -0.338 e. The van der Waals surface area contributed by atoms with Crippen molar-refractivity contribution in [3.8, 4) is 23.7 Å². The number of hydrogen-bond donors (Lipinski definition) is 1. The molecule has 1 atom stereocenters. The number of aryl methyl sites for hydroxylation is 1. The number of nitrogens with zero attached hydrogens (tertiary/aromatic N) is 4. The van der Waals surface area contributed by atoms with Gasteiger partial charge in [-0.25, -0.2) is 0 Å². The summed E-state index contributed by atoms with van der Waals surface area (Å²) in [6, 6.07) is 7.75. The molecular weight excluding hydrogens is 278 g/mol.